The van der Waals surface area contributed by atoms with E-state index in [1.165, 1.54) is 23.3 Å². The maximum absolute atomic E-state index is 13.0. The Labute approximate surface area is 129 Å². The van der Waals surface area contributed by atoms with E-state index in [1.54, 1.807) is 6.07 Å². The van der Waals surface area contributed by atoms with E-state index >= 15 is 0 Å². The molecule has 106 valence electrons. The molecule has 2 aromatic rings. The van der Waals surface area contributed by atoms with Crippen LogP contribution in [0, 0.1) is 18.7 Å². The van der Waals surface area contributed by atoms with Crippen LogP contribution in [-0.4, -0.2) is 5.88 Å². The summed E-state index contributed by atoms with van der Waals surface area (Å²) in [4.78, 5) is 0. The Morgan fingerprint density at radius 3 is 2.55 bits per heavy atom. The predicted molar refractivity (Wildman–Crippen MR) is 84.2 cm³/mol. The van der Waals surface area contributed by atoms with Crippen LogP contribution < -0.4 is 0 Å². The van der Waals surface area contributed by atoms with Crippen LogP contribution in [0.15, 0.2) is 42.5 Å². The van der Waals surface area contributed by atoms with Gasteiger partial charge in [0.15, 0.2) is 0 Å². The second kappa shape index (κ2) is 7.10. The molecule has 1 unspecified atom stereocenters. The SMILES string of the molecule is Cc1cccc(CC(CCl)Cc2ccc(F)cc2Cl)c1. The quantitative estimate of drug-likeness (QED) is 0.646. The minimum atomic E-state index is -0.306. The van der Waals surface area contributed by atoms with Gasteiger partial charge in [0.2, 0.25) is 0 Å². The van der Waals surface area contributed by atoms with Crippen LogP contribution >= 0.6 is 23.2 Å². The predicted octanol–water partition coefficient (Wildman–Crippen LogP) is 5.43. The van der Waals surface area contributed by atoms with Crippen molar-refractivity contribution in [3.05, 3.63) is 70.0 Å². The highest BCUT2D eigenvalue weighted by Gasteiger charge is 2.12. The zero-order valence-electron chi connectivity index (χ0n) is 11.4. The molecule has 0 amide bonds. The van der Waals surface area contributed by atoms with Crippen LogP contribution in [0.2, 0.25) is 5.02 Å². The summed E-state index contributed by atoms with van der Waals surface area (Å²) in [5.41, 5.74) is 3.47. The molecule has 0 saturated carbocycles. The number of halogens is 3. The van der Waals surface area contributed by atoms with Gasteiger partial charge in [-0.2, -0.15) is 0 Å². The van der Waals surface area contributed by atoms with Crippen LogP contribution in [0.25, 0.3) is 0 Å². The maximum atomic E-state index is 13.0. The first-order valence-electron chi connectivity index (χ1n) is 6.64. The van der Waals surface area contributed by atoms with Gasteiger partial charge in [-0.15, -0.1) is 11.6 Å². The average molecular weight is 311 g/mol. The summed E-state index contributed by atoms with van der Waals surface area (Å²) >= 11 is 12.1. The number of rotatable bonds is 5. The fourth-order valence-corrected chi connectivity index (χ4v) is 2.81. The minimum absolute atomic E-state index is 0.293. The van der Waals surface area contributed by atoms with E-state index in [-0.39, 0.29) is 5.82 Å². The molecule has 20 heavy (non-hydrogen) atoms. The van der Waals surface area contributed by atoms with Crippen LogP contribution in [-0.2, 0) is 12.8 Å². The zero-order valence-corrected chi connectivity index (χ0v) is 12.9. The summed E-state index contributed by atoms with van der Waals surface area (Å²) < 4.78 is 13.0. The van der Waals surface area contributed by atoms with Gasteiger partial charge < -0.3 is 0 Å². The van der Waals surface area contributed by atoms with E-state index in [0.717, 1.165) is 18.4 Å². The topological polar surface area (TPSA) is 0 Å². The average Bonchev–Trinajstić information content (AvgIpc) is 2.41. The summed E-state index contributed by atoms with van der Waals surface area (Å²) in [5.74, 6) is 0.544. The van der Waals surface area contributed by atoms with Crippen molar-refractivity contribution in [2.45, 2.75) is 19.8 Å². The highest BCUT2D eigenvalue weighted by Crippen LogP contribution is 2.23. The molecule has 0 aliphatic rings. The fraction of sp³-hybridized carbons (Fsp3) is 0.294. The van der Waals surface area contributed by atoms with Crippen LogP contribution in [0.3, 0.4) is 0 Å². The third kappa shape index (κ3) is 4.22. The fourth-order valence-electron chi connectivity index (χ4n) is 2.35. The van der Waals surface area contributed by atoms with Crippen molar-refractivity contribution in [2.75, 3.05) is 5.88 Å². The van der Waals surface area contributed by atoms with Crippen LogP contribution in [0.5, 0.6) is 0 Å². The van der Waals surface area contributed by atoms with Gasteiger partial charge in [0.25, 0.3) is 0 Å². The maximum Gasteiger partial charge on any atom is 0.124 e. The normalized spacial score (nSPS) is 12.4. The molecule has 0 bridgehead atoms. The van der Waals surface area contributed by atoms with Gasteiger partial charge >= 0.3 is 0 Å². The van der Waals surface area contributed by atoms with E-state index in [9.17, 15) is 4.39 Å². The molecule has 0 N–H and O–H groups in total. The highest BCUT2D eigenvalue weighted by atomic mass is 35.5. The molecule has 1 atom stereocenters. The Morgan fingerprint density at radius 1 is 1.10 bits per heavy atom. The van der Waals surface area contributed by atoms with Crippen molar-refractivity contribution in [1.82, 2.24) is 0 Å². The molecule has 0 nitrogen and oxygen atoms in total. The van der Waals surface area contributed by atoms with Crippen LogP contribution in [0.1, 0.15) is 16.7 Å². The molecule has 0 aliphatic carbocycles. The van der Waals surface area contributed by atoms with Gasteiger partial charge in [0.1, 0.15) is 5.82 Å². The lowest BCUT2D eigenvalue weighted by atomic mass is 9.93. The van der Waals surface area contributed by atoms with E-state index in [0.29, 0.717) is 16.8 Å². The monoisotopic (exact) mass is 310 g/mol. The van der Waals surface area contributed by atoms with Gasteiger partial charge in [-0.1, -0.05) is 47.5 Å². The number of aryl methyl sites for hydroxylation is 1. The van der Waals surface area contributed by atoms with Crippen molar-refractivity contribution in [1.29, 1.82) is 0 Å². The first kappa shape index (κ1) is 15.3. The minimum Gasteiger partial charge on any atom is -0.207 e. The Morgan fingerprint density at radius 2 is 1.90 bits per heavy atom. The van der Waals surface area contributed by atoms with E-state index in [4.69, 9.17) is 23.2 Å². The number of hydrogen-bond acceptors (Lipinski definition) is 0. The first-order chi connectivity index (χ1) is 9.58. The second-order valence-corrected chi connectivity index (χ2v) is 5.87. The summed E-state index contributed by atoms with van der Waals surface area (Å²) in [5, 5.41) is 0.476. The molecule has 0 heterocycles. The molecule has 0 aliphatic heterocycles. The largest absolute Gasteiger partial charge is 0.207 e. The van der Waals surface area contributed by atoms with E-state index < -0.39 is 0 Å². The lowest BCUT2D eigenvalue weighted by Gasteiger charge is -2.15. The van der Waals surface area contributed by atoms with Crippen molar-refractivity contribution in [3.8, 4) is 0 Å². The number of benzene rings is 2. The first-order valence-corrected chi connectivity index (χ1v) is 7.55. The molecule has 0 saturated heterocycles. The zero-order chi connectivity index (χ0) is 14.5. The Balaban J connectivity index is 2.09. The molecule has 0 aromatic heterocycles. The second-order valence-electron chi connectivity index (χ2n) is 5.15. The highest BCUT2D eigenvalue weighted by molar-refractivity contribution is 6.31. The molecule has 3 heteroatoms. The standard InChI is InChI=1S/C17H17Cl2F/c1-12-3-2-4-13(7-12)8-14(11-18)9-15-5-6-16(20)10-17(15)19/h2-7,10,14H,8-9,11H2,1H3. The van der Waals surface area contributed by atoms with E-state index in [2.05, 4.69) is 31.2 Å². The third-order valence-electron chi connectivity index (χ3n) is 3.35. The number of alkyl halides is 1. The molecule has 2 aromatic carbocycles. The van der Waals surface area contributed by atoms with Gasteiger partial charge in [-0.25, -0.2) is 4.39 Å². The molecule has 2 rings (SSSR count). The summed E-state index contributed by atoms with van der Waals surface area (Å²) in [7, 11) is 0. The van der Waals surface area contributed by atoms with Crippen molar-refractivity contribution >= 4 is 23.2 Å². The van der Waals surface area contributed by atoms with Crippen molar-refractivity contribution < 1.29 is 4.39 Å². The molecule has 0 spiro atoms. The van der Waals surface area contributed by atoms with Crippen molar-refractivity contribution in [3.63, 3.8) is 0 Å². The Kier molecular flexibility index (Phi) is 5.45. The summed E-state index contributed by atoms with van der Waals surface area (Å²) in [6, 6.07) is 13.0. The summed E-state index contributed by atoms with van der Waals surface area (Å²) in [6.45, 7) is 2.08. The lowest BCUT2D eigenvalue weighted by molar-refractivity contribution is 0.581. The van der Waals surface area contributed by atoms with Gasteiger partial charge in [0, 0.05) is 10.9 Å². The lowest BCUT2D eigenvalue weighted by Crippen LogP contribution is -2.10. The molecular formula is C17H17Cl2F. The molecule has 0 fully saturated rings. The summed E-state index contributed by atoms with van der Waals surface area (Å²) in [6.07, 6.45) is 1.66. The third-order valence-corrected chi connectivity index (χ3v) is 4.14. The van der Waals surface area contributed by atoms with Gasteiger partial charge in [-0.3, -0.25) is 0 Å². The van der Waals surface area contributed by atoms with Gasteiger partial charge in [0.05, 0.1) is 0 Å². The smallest absolute Gasteiger partial charge is 0.124 e. The number of hydrogen-bond donors (Lipinski definition) is 0. The van der Waals surface area contributed by atoms with Gasteiger partial charge in [-0.05, 0) is 48.9 Å². The van der Waals surface area contributed by atoms with E-state index in [1.807, 2.05) is 0 Å². The van der Waals surface area contributed by atoms with Crippen molar-refractivity contribution in [2.24, 2.45) is 5.92 Å². The molecular weight excluding hydrogens is 294 g/mol. The molecule has 0 radical (unpaired) electrons. The Hall–Kier alpha value is -1.05. The van der Waals surface area contributed by atoms with Crippen LogP contribution in [0.4, 0.5) is 4.39 Å². The Bertz CT molecular complexity index is 581.